The molecule has 0 aliphatic rings. The summed E-state index contributed by atoms with van der Waals surface area (Å²) >= 11 is 0. The predicted molar refractivity (Wildman–Crippen MR) is 41.3 cm³/mol. The minimum Gasteiger partial charge on any atom is -0.543 e. The molecule has 14 heavy (non-hydrogen) atoms. The van der Waals surface area contributed by atoms with Gasteiger partial charge in [0.25, 0.3) is 5.97 Å². The lowest BCUT2D eigenvalue weighted by molar-refractivity contribution is -0.169. The van der Waals surface area contributed by atoms with E-state index in [2.05, 4.69) is 12.7 Å². The van der Waals surface area contributed by atoms with Crippen molar-refractivity contribution in [3.8, 4) is 0 Å². The van der Waals surface area contributed by atoms with Crippen molar-refractivity contribution >= 4 is 26.0 Å². The maximum Gasteiger partial charge on any atom is 0.378 e. The number of hydrogen-bond acceptors (Lipinski definition) is 5. The smallest absolute Gasteiger partial charge is 0.378 e. The molecule has 0 bridgehead atoms. The maximum absolute atomic E-state index is 10.5. The van der Waals surface area contributed by atoms with Crippen LogP contribution in [-0.4, -0.2) is 46.9 Å². The highest BCUT2D eigenvalue weighted by Crippen LogP contribution is 2.16. The van der Waals surface area contributed by atoms with Crippen LogP contribution in [0, 0.1) is 0 Å². The molecule has 76 valence electrons. The molecule has 0 aromatic rings. The third-order valence-electron chi connectivity index (χ3n) is 1.41. The maximum atomic E-state index is 10.5. The summed E-state index contributed by atoms with van der Waals surface area (Å²) in [5, 5.41) is 26.0. The summed E-state index contributed by atoms with van der Waals surface area (Å²) in [5.74, 6) is -4.60. The second-order valence-corrected chi connectivity index (χ2v) is 2.57. The zero-order valence-corrected chi connectivity index (χ0v) is 6.97. The van der Waals surface area contributed by atoms with Crippen LogP contribution in [0.25, 0.3) is 0 Å². The molecule has 0 heterocycles. The summed E-state index contributed by atoms with van der Waals surface area (Å²) in [6.45, 7) is 0. The van der Waals surface area contributed by atoms with Gasteiger partial charge in [0.2, 0.25) is 0 Å². The van der Waals surface area contributed by atoms with Gasteiger partial charge >= 0.3 is 20.0 Å². The first-order chi connectivity index (χ1) is 6.31. The molecule has 0 fully saturated rings. The van der Waals surface area contributed by atoms with E-state index in [0.29, 0.717) is 0 Å². The van der Waals surface area contributed by atoms with E-state index in [4.69, 9.17) is 10.2 Å². The Morgan fingerprint density at radius 2 is 1.71 bits per heavy atom. The van der Waals surface area contributed by atoms with E-state index >= 15 is 0 Å². The molecule has 2 radical (unpaired) electrons. The second kappa shape index (κ2) is 4.61. The number of aliphatic carboxylic acids is 2. The van der Waals surface area contributed by atoms with Crippen molar-refractivity contribution < 1.29 is 34.4 Å². The summed E-state index contributed by atoms with van der Waals surface area (Å²) < 4.78 is 3.62. The van der Waals surface area contributed by atoms with Crippen LogP contribution in [0.5, 0.6) is 0 Å². The zero-order chi connectivity index (χ0) is 11.4. The molecule has 0 aromatic heterocycles. The van der Waals surface area contributed by atoms with Crippen LogP contribution in [-0.2, 0) is 19.0 Å². The molecule has 0 aromatic carbocycles. The first-order valence-electron chi connectivity index (χ1n) is 3.39. The SMILES string of the molecule is [B]OC(=O)CC(O)(CC(=O)O)C(=O)O. The number of carbonyl (C=O) groups excluding carboxylic acids is 1. The van der Waals surface area contributed by atoms with Gasteiger partial charge in [0.05, 0.1) is 12.8 Å². The van der Waals surface area contributed by atoms with Gasteiger partial charge in [0.15, 0.2) is 5.60 Å². The van der Waals surface area contributed by atoms with Gasteiger partial charge < -0.3 is 20.0 Å². The fraction of sp³-hybridized carbons (Fsp3) is 0.500. The molecule has 0 aliphatic carbocycles. The first kappa shape index (κ1) is 12.4. The van der Waals surface area contributed by atoms with Gasteiger partial charge in [0, 0.05) is 0 Å². The van der Waals surface area contributed by atoms with Crippen LogP contribution in [0.2, 0.25) is 0 Å². The van der Waals surface area contributed by atoms with Crippen LogP contribution >= 0.6 is 0 Å². The zero-order valence-electron chi connectivity index (χ0n) is 6.97. The fourth-order valence-electron chi connectivity index (χ4n) is 0.744. The highest BCUT2D eigenvalue weighted by atomic mass is 16.5. The topological polar surface area (TPSA) is 121 Å². The minimum absolute atomic E-state index is 1.02. The number of hydrogen-bond donors (Lipinski definition) is 3. The molecule has 0 rings (SSSR count). The van der Waals surface area contributed by atoms with Gasteiger partial charge in [-0.05, 0) is 0 Å². The number of aliphatic hydroxyl groups is 1. The molecule has 0 saturated carbocycles. The van der Waals surface area contributed by atoms with Crippen LogP contribution in [0.3, 0.4) is 0 Å². The lowest BCUT2D eigenvalue weighted by atomic mass is 9.96. The molecule has 8 heteroatoms. The third-order valence-corrected chi connectivity index (χ3v) is 1.41. The average molecular weight is 202 g/mol. The Kier molecular flexibility index (Phi) is 4.09. The van der Waals surface area contributed by atoms with Crippen molar-refractivity contribution in [1.82, 2.24) is 0 Å². The van der Waals surface area contributed by atoms with Crippen LogP contribution in [0.15, 0.2) is 0 Å². The van der Waals surface area contributed by atoms with Crippen LogP contribution in [0.1, 0.15) is 12.8 Å². The second-order valence-electron chi connectivity index (χ2n) is 2.57. The van der Waals surface area contributed by atoms with Crippen molar-refractivity contribution in [2.75, 3.05) is 0 Å². The van der Waals surface area contributed by atoms with Crippen molar-refractivity contribution in [3.05, 3.63) is 0 Å². The predicted octanol–water partition coefficient (Wildman–Crippen LogP) is -1.71. The molecule has 7 nitrogen and oxygen atoms in total. The van der Waals surface area contributed by atoms with Gasteiger partial charge in [0.1, 0.15) is 0 Å². The van der Waals surface area contributed by atoms with Crippen molar-refractivity contribution in [2.24, 2.45) is 0 Å². The molecule has 0 amide bonds. The fourth-order valence-corrected chi connectivity index (χ4v) is 0.744. The van der Waals surface area contributed by atoms with Gasteiger partial charge in [-0.15, -0.1) is 0 Å². The molecule has 0 spiro atoms. The van der Waals surface area contributed by atoms with E-state index in [-0.39, 0.29) is 0 Å². The van der Waals surface area contributed by atoms with Crippen LogP contribution in [0.4, 0.5) is 0 Å². The first-order valence-corrected chi connectivity index (χ1v) is 3.39. The quantitative estimate of drug-likeness (QED) is 0.453. The molecule has 0 aliphatic heterocycles. The Morgan fingerprint density at radius 3 is 2.00 bits per heavy atom. The molecule has 0 saturated heterocycles. The van der Waals surface area contributed by atoms with Crippen LogP contribution < -0.4 is 0 Å². The molecule has 1 unspecified atom stereocenters. The highest BCUT2D eigenvalue weighted by molar-refractivity contribution is 6.06. The van der Waals surface area contributed by atoms with Gasteiger partial charge in [-0.1, -0.05) is 0 Å². The minimum atomic E-state index is -2.69. The van der Waals surface area contributed by atoms with E-state index in [0.717, 1.165) is 0 Å². The van der Waals surface area contributed by atoms with E-state index in [1.54, 1.807) is 0 Å². The monoisotopic (exact) mass is 202 g/mol. The molecule has 1 atom stereocenters. The summed E-state index contributed by atoms with van der Waals surface area (Å²) in [7, 11) is 4.41. The number of rotatable bonds is 5. The standard InChI is InChI=1S/C6H7BO7/c7-14-4(10)2-6(13,5(11)12)1-3(8)9/h13H,1-2H2,(H,8,9)(H,11,12). The normalized spacial score (nSPS) is 14.1. The van der Waals surface area contributed by atoms with Crippen molar-refractivity contribution in [2.45, 2.75) is 18.4 Å². The average Bonchev–Trinajstić information content (AvgIpc) is 2.02. The van der Waals surface area contributed by atoms with Crippen molar-refractivity contribution in [3.63, 3.8) is 0 Å². The Morgan fingerprint density at radius 1 is 1.21 bits per heavy atom. The number of carbonyl (C=O) groups is 3. The van der Waals surface area contributed by atoms with Gasteiger partial charge in [-0.25, -0.2) is 4.79 Å². The Labute approximate surface area is 79.7 Å². The van der Waals surface area contributed by atoms with Gasteiger partial charge in [-0.3, -0.25) is 9.59 Å². The third kappa shape index (κ3) is 3.44. The Bertz CT molecular complexity index is 263. The molecular formula is C6H7BO7. The van der Waals surface area contributed by atoms with Crippen molar-refractivity contribution in [1.29, 1.82) is 0 Å². The van der Waals surface area contributed by atoms with E-state index in [1.807, 2.05) is 0 Å². The van der Waals surface area contributed by atoms with E-state index < -0.39 is 36.4 Å². The largest absolute Gasteiger partial charge is 0.543 e. The summed E-state index contributed by atoms with van der Waals surface area (Å²) in [6, 6.07) is 0. The molecule has 3 N–H and O–H groups in total. The summed E-state index contributed by atoms with van der Waals surface area (Å²) in [4.78, 5) is 31.2. The Balaban J connectivity index is 4.63. The summed E-state index contributed by atoms with van der Waals surface area (Å²) in [6.07, 6.45) is -2.14. The lowest BCUT2D eigenvalue weighted by Crippen LogP contribution is -2.43. The van der Waals surface area contributed by atoms with E-state index in [1.165, 1.54) is 0 Å². The lowest BCUT2D eigenvalue weighted by Gasteiger charge is -2.19. The highest BCUT2D eigenvalue weighted by Gasteiger charge is 2.41. The molecular weight excluding hydrogens is 195 g/mol. The van der Waals surface area contributed by atoms with Gasteiger partial charge in [-0.2, -0.15) is 0 Å². The summed E-state index contributed by atoms with van der Waals surface area (Å²) in [5.41, 5.74) is -2.69. The van der Waals surface area contributed by atoms with E-state index in [9.17, 15) is 19.5 Å². The Hall–Kier alpha value is -1.57. The number of carboxylic acids is 2. The number of carboxylic acid groups (broad SMARTS) is 2.